The molecule has 2 rings (SSSR count). The molecule has 0 aliphatic rings. The lowest BCUT2D eigenvalue weighted by molar-refractivity contribution is 0.770. The van der Waals surface area contributed by atoms with Crippen molar-refractivity contribution in [3.8, 4) is 17.3 Å². The number of rotatable bonds is 2. The van der Waals surface area contributed by atoms with Crippen molar-refractivity contribution in [2.75, 3.05) is 0 Å². The lowest BCUT2D eigenvalue weighted by Gasteiger charge is -2.12. The number of aryl methyl sites for hydroxylation is 2. The predicted molar refractivity (Wildman–Crippen MR) is 79.9 cm³/mol. The zero-order valence-electron chi connectivity index (χ0n) is 11.5. The Labute approximate surface area is 122 Å². The Kier molecular flexibility index (Phi) is 3.77. The second kappa shape index (κ2) is 5.18. The molecule has 0 saturated carbocycles. The predicted octanol–water partition coefficient (Wildman–Crippen LogP) is 4.15. The Hall–Kier alpha value is -1.60. The summed E-state index contributed by atoms with van der Waals surface area (Å²) in [6.07, 6.45) is 0. The monoisotopic (exact) mass is 317 g/mol. The highest BCUT2D eigenvalue weighted by atomic mass is 79.9. The van der Waals surface area contributed by atoms with E-state index in [1.807, 2.05) is 7.05 Å². The fourth-order valence-corrected chi connectivity index (χ4v) is 2.75. The van der Waals surface area contributed by atoms with Gasteiger partial charge in [0.1, 0.15) is 6.07 Å². The maximum absolute atomic E-state index is 9.06. The Morgan fingerprint density at radius 1 is 1.37 bits per heavy atom. The van der Waals surface area contributed by atoms with Crippen LogP contribution in [0.5, 0.6) is 0 Å². The summed E-state index contributed by atoms with van der Waals surface area (Å²) in [6, 6.07) is 8.56. The van der Waals surface area contributed by atoms with Gasteiger partial charge in [-0.1, -0.05) is 26.0 Å². The molecule has 1 heterocycles. The zero-order valence-corrected chi connectivity index (χ0v) is 13.1. The fourth-order valence-electron chi connectivity index (χ4n) is 2.12. The summed E-state index contributed by atoms with van der Waals surface area (Å²) < 4.78 is 2.52. The van der Waals surface area contributed by atoms with Gasteiger partial charge in [-0.25, -0.2) is 0 Å². The summed E-state index contributed by atoms with van der Waals surface area (Å²) in [5.74, 6) is 0.474. The topological polar surface area (TPSA) is 41.6 Å². The first-order valence-electron chi connectivity index (χ1n) is 6.19. The molecule has 1 aromatic heterocycles. The molecule has 3 nitrogen and oxygen atoms in total. The van der Waals surface area contributed by atoms with Gasteiger partial charge < -0.3 is 0 Å². The van der Waals surface area contributed by atoms with Gasteiger partial charge in [-0.15, -0.1) is 0 Å². The van der Waals surface area contributed by atoms with Crippen molar-refractivity contribution in [1.82, 2.24) is 9.78 Å². The van der Waals surface area contributed by atoms with Gasteiger partial charge in [0.25, 0.3) is 0 Å². The highest BCUT2D eigenvalue weighted by Gasteiger charge is 2.17. The van der Waals surface area contributed by atoms with Crippen LogP contribution >= 0.6 is 15.9 Å². The van der Waals surface area contributed by atoms with Gasteiger partial charge in [0, 0.05) is 12.6 Å². The van der Waals surface area contributed by atoms with Gasteiger partial charge >= 0.3 is 0 Å². The van der Waals surface area contributed by atoms with Crippen LogP contribution in [-0.2, 0) is 7.05 Å². The van der Waals surface area contributed by atoms with Gasteiger partial charge in [0.15, 0.2) is 5.69 Å². The van der Waals surface area contributed by atoms with Crippen LogP contribution in [0.3, 0.4) is 0 Å². The minimum atomic E-state index is 0.423. The first-order valence-corrected chi connectivity index (χ1v) is 6.98. The van der Waals surface area contributed by atoms with Crippen molar-refractivity contribution in [3.63, 3.8) is 0 Å². The van der Waals surface area contributed by atoms with Gasteiger partial charge in [0.2, 0.25) is 0 Å². The summed E-state index contributed by atoms with van der Waals surface area (Å²) in [6.45, 7) is 6.42. The molecule has 0 bridgehead atoms. The molecule has 0 aliphatic carbocycles. The van der Waals surface area contributed by atoms with E-state index in [9.17, 15) is 0 Å². The van der Waals surface area contributed by atoms with Crippen molar-refractivity contribution in [3.05, 3.63) is 39.5 Å². The van der Waals surface area contributed by atoms with Crippen LogP contribution in [0.1, 0.15) is 36.6 Å². The normalized spacial score (nSPS) is 10.8. The van der Waals surface area contributed by atoms with Gasteiger partial charge in [-0.05, 0) is 46.0 Å². The van der Waals surface area contributed by atoms with Crippen molar-refractivity contribution >= 4 is 15.9 Å². The van der Waals surface area contributed by atoms with E-state index in [0.29, 0.717) is 11.6 Å². The van der Waals surface area contributed by atoms with Crippen LogP contribution in [-0.4, -0.2) is 9.78 Å². The standard InChI is InChI=1S/C15H16BrN3/c1-9(2)11-6-5-10(3)12(7-11)15-14(16)13(8-17)18-19(15)4/h5-7,9H,1-4H3. The van der Waals surface area contributed by atoms with Crippen LogP contribution in [0.2, 0.25) is 0 Å². The van der Waals surface area contributed by atoms with E-state index >= 15 is 0 Å². The minimum absolute atomic E-state index is 0.423. The quantitative estimate of drug-likeness (QED) is 0.834. The maximum atomic E-state index is 9.06. The molecule has 0 atom stereocenters. The van der Waals surface area contributed by atoms with Crippen LogP contribution in [0.25, 0.3) is 11.3 Å². The van der Waals surface area contributed by atoms with Gasteiger partial charge in [-0.3, -0.25) is 4.68 Å². The molecule has 4 heteroatoms. The zero-order chi connectivity index (χ0) is 14.2. The van der Waals surface area contributed by atoms with Crippen LogP contribution in [0.15, 0.2) is 22.7 Å². The Morgan fingerprint density at radius 2 is 2.05 bits per heavy atom. The molecule has 0 saturated heterocycles. The van der Waals surface area contributed by atoms with Crippen LogP contribution < -0.4 is 0 Å². The second-order valence-corrected chi connectivity index (χ2v) is 5.77. The third-order valence-electron chi connectivity index (χ3n) is 3.28. The number of halogens is 1. The van der Waals surface area contributed by atoms with Crippen LogP contribution in [0, 0.1) is 18.3 Å². The van der Waals surface area contributed by atoms with Crippen molar-refractivity contribution in [1.29, 1.82) is 5.26 Å². The molecule has 0 amide bonds. The number of aromatic nitrogens is 2. The molecule has 0 aliphatic heterocycles. The molecular weight excluding hydrogens is 302 g/mol. The number of hydrogen-bond acceptors (Lipinski definition) is 2. The Morgan fingerprint density at radius 3 is 2.58 bits per heavy atom. The smallest absolute Gasteiger partial charge is 0.177 e. The van der Waals surface area contributed by atoms with Crippen molar-refractivity contribution in [2.45, 2.75) is 26.7 Å². The maximum Gasteiger partial charge on any atom is 0.177 e. The van der Waals surface area contributed by atoms with E-state index in [-0.39, 0.29) is 0 Å². The second-order valence-electron chi connectivity index (χ2n) is 4.98. The molecule has 1 aromatic carbocycles. The van der Waals surface area contributed by atoms with E-state index < -0.39 is 0 Å². The molecule has 19 heavy (non-hydrogen) atoms. The molecule has 0 fully saturated rings. The van der Waals surface area contributed by atoms with Crippen LogP contribution in [0.4, 0.5) is 0 Å². The molecule has 98 valence electrons. The number of hydrogen-bond donors (Lipinski definition) is 0. The van der Waals surface area contributed by atoms with Crippen molar-refractivity contribution < 1.29 is 0 Å². The fraction of sp³-hybridized carbons (Fsp3) is 0.333. The highest BCUT2D eigenvalue weighted by Crippen LogP contribution is 2.34. The van der Waals surface area contributed by atoms with E-state index in [1.165, 1.54) is 11.1 Å². The van der Waals surface area contributed by atoms with Gasteiger partial charge in [0.05, 0.1) is 10.2 Å². The average Bonchev–Trinajstić information content (AvgIpc) is 2.65. The summed E-state index contributed by atoms with van der Waals surface area (Å²) in [5, 5.41) is 13.3. The third-order valence-corrected chi connectivity index (χ3v) is 4.03. The summed E-state index contributed by atoms with van der Waals surface area (Å²) in [5.41, 5.74) is 4.96. The molecule has 0 N–H and O–H groups in total. The SMILES string of the molecule is Cc1ccc(C(C)C)cc1-c1c(Br)c(C#N)nn1C. The lowest BCUT2D eigenvalue weighted by atomic mass is 9.96. The number of benzene rings is 1. The van der Waals surface area contributed by atoms with E-state index in [2.05, 4.69) is 66.1 Å². The highest BCUT2D eigenvalue weighted by molar-refractivity contribution is 9.10. The Balaban J connectivity index is 2.69. The molecule has 0 unspecified atom stereocenters. The largest absolute Gasteiger partial charge is 0.265 e. The van der Waals surface area contributed by atoms with Gasteiger partial charge in [-0.2, -0.15) is 10.4 Å². The summed E-state index contributed by atoms with van der Waals surface area (Å²) >= 11 is 3.49. The number of nitrogens with zero attached hydrogens (tertiary/aromatic N) is 3. The molecule has 2 aromatic rings. The first-order chi connectivity index (χ1) is 8.95. The molecule has 0 radical (unpaired) electrons. The molecule has 0 spiro atoms. The average molecular weight is 318 g/mol. The Bertz CT molecular complexity index is 663. The molecular formula is C15H16BrN3. The van der Waals surface area contributed by atoms with Crippen molar-refractivity contribution in [2.24, 2.45) is 7.05 Å². The first kappa shape index (κ1) is 13.8. The lowest BCUT2D eigenvalue weighted by Crippen LogP contribution is -1.97. The van der Waals surface area contributed by atoms with E-state index in [0.717, 1.165) is 15.7 Å². The third kappa shape index (κ3) is 2.43. The summed E-state index contributed by atoms with van der Waals surface area (Å²) in [7, 11) is 1.86. The van der Waals surface area contributed by atoms with E-state index in [4.69, 9.17) is 5.26 Å². The van der Waals surface area contributed by atoms with E-state index in [1.54, 1.807) is 4.68 Å². The number of nitriles is 1. The summed E-state index contributed by atoms with van der Waals surface area (Å²) in [4.78, 5) is 0. The minimum Gasteiger partial charge on any atom is -0.265 e.